The molecule has 0 bridgehead atoms. The third kappa shape index (κ3) is 3.68. The largest absolute Gasteiger partial charge is 0.375 e. The van der Waals surface area contributed by atoms with Crippen LogP contribution in [0.5, 0.6) is 0 Å². The average Bonchev–Trinajstić information content (AvgIpc) is 3.15. The summed E-state index contributed by atoms with van der Waals surface area (Å²) in [5, 5.41) is 1.25. The average molecular weight is 439 g/mol. The Kier molecular flexibility index (Phi) is 5.33. The summed E-state index contributed by atoms with van der Waals surface area (Å²) >= 11 is 1.72. The molecule has 166 valence electrons. The summed E-state index contributed by atoms with van der Waals surface area (Å²) in [4.78, 5) is 19.6. The van der Waals surface area contributed by atoms with E-state index in [1.807, 2.05) is 0 Å². The molecule has 5 rings (SSSR count). The molecule has 3 aliphatic rings. The minimum absolute atomic E-state index is 0.0444. The van der Waals surface area contributed by atoms with Crippen molar-refractivity contribution >= 4 is 11.8 Å². The van der Waals surface area contributed by atoms with Crippen molar-refractivity contribution in [3.8, 4) is 11.3 Å². The van der Waals surface area contributed by atoms with Crippen LogP contribution in [0.1, 0.15) is 83.4 Å². The molecule has 2 aliphatic carbocycles. The maximum atomic E-state index is 14.4. The minimum Gasteiger partial charge on any atom is -0.375 e. The van der Waals surface area contributed by atoms with Crippen LogP contribution >= 0.6 is 11.8 Å². The van der Waals surface area contributed by atoms with Crippen LogP contribution < -0.4 is 5.56 Å². The summed E-state index contributed by atoms with van der Waals surface area (Å²) in [5.74, 6) is 0. The van der Waals surface area contributed by atoms with E-state index in [0.717, 1.165) is 54.1 Å². The summed E-state index contributed by atoms with van der Waals surface area (Å²) < 4.78 is 8.06. The summed E-state index contributed by atoms with van der Waals surface area (Å²) in [5.41, 5.74) is 4.44. The highest BCUT2D eigenvalue weighted by Gasteiger charge is 2.45. The van der Waals surface area contributed by atoms with Crippen LogP contribution in [0.3, 0.4) is 0 Å². The van der Waals surface area contributed by atoms with Crippen LogP contribution in [0, 0.1) is 0 Å². The van der Waals surface area contributed by atoms with Crippen molar-refractivity contribution in [1.82, 2.24) is 9.55 Å². The van der Waals surface area contributed by atoms with Gasteiger partial charge in [0.1, 0.15) is 0 Å². The molecule has 1 spiro atoms. The molecule has 4 nitrogen and oxygen atoms in total. The van der Waals surface area contributed by atoms with Gasteiger partial charge in [-0.25, -0.2) is 4.98 Å². The first-order chi connectivity index (χ1) is 14.8. The van der Waals surface area contributed by atoms with Gasteiger partial charge in [0.25, 0.3) is 5.56 Å². The van der Waals surface area contributed by atoms with Crippen LogP contribution in [0.15, 0.2) is 34.2 Å². The Labute approximate surface area is 189 Å². The maximum absolute atomic E-state index is 14.4. The zero-order valence-corrected chi connectivity index (χ0v) is 20.1. The van der Waals surface area contributed by atoms with Gasteiger partial charge in [-0.3, -0.25) is 9.36 Å². The second-order valence-electron chi connectivity index (χ2n) is 10.5. The lowest BCUT2D eigenvalue weighted by Gasteiger charge is -2.40. The summed E-state index contributed by atoms with van der Waals surface area (Å²) in [6, 6.07) is 8.75. The predicted octanol–water partition coefficient (Wildman–Crippen LogP) is 5.91. The summed E-state index contributed by atoms with van der Waals surface area (Å²) in [7, 11) is 0. The van der Waals surface area contributed by atoms with Gasteiger partial charge in [-0.15, -0.1) is 0 Å². The molecular formula is C26H34N2O2S. The van der Waals surface area contributed by atoms with Crippen molar-refractivity contribution < 1.29 is 4.74 Å². The smallest absolute Gasteiger partial charge is 0.258 e. The van der Waals surface area contributed by atoms with Gasteiger partial charge in [-0.1, -0.05) is 62.7 Å². The number of ether oxygens (including phenoxy) is 1. The molecule has 2 heterocycles. The third-order valence-corrected chi connectivity index (χ3v) is 8.32. The van der Waals surface area contributed by atoms with Crippen molar-refractivity contribution in [2.75, 3.05) is 6.61 Å². The van der Waals surface area contributed by atoms with E-state index in [1.54, 1.807) is 11.8 Å². The lowest BCUT2D eigenvalue weighted by atomic mass is 9.68. The Bertz CT molecular complexity index is 1050. The SMILES string of the molecule is CC(C)Sc1nc2c(c(=O)n1[C@H]1CCOC(C)(C)C1)C1(CCCC1)Cc1ccccc1-2. The number of rotatable bonds is 3. The van der Waals surface area contributed by atoms with Crippen molar-refractivity contribution in [3.63, 3.8) is 0 Å². The van der Waals surface area contributed by atoms with E-state index in [9.17, 15) is 4.79 Å². The standard InChI is InChI=1S/C26H34N2O2S/c1-17(2)31-24-27-22-20-10-6-5-9-18(20)15-26(12-7-8-13-26)21(22)23(29)28(24)19-11-14-30-25(3,4)16-19/h5-6,9-10,17,19H,7-8,11-16H2,1-4H3/t19-/m0/s1. The second kappa shape index (κ2) is 7.77. The number of fused-ring (bicyclic) bond motifs is 4. The normalized spacial score (nSPS) is 23.7. The Morgan fingerprint density at radius 1 is 1.19 bits per heavy atom. The number of thioether (sulfide) groups is 1. The quantitative estimate of drug-likeness (QED) is 0.441. The van der Waals surface area contributed by atoms with Crippen LogP contribution in [0.2, 0.25) is 0 Å². The van der Waals surface area contributed by atoms with Gasteiger partial charge in [0, 0.05) is 28.9 Å². The highest BCUT2D eigenvalue weighted by Crippen LogP contribution is 2.50. The van der Waals surface area contributed by atoms with Crippen molar-refractivity contribution in [2.24, 2.45) is 0 Å². The van der Waals surface area contributed by atoms with Gasteiger partial charge >= 0.3 is 0 Å². The van der Waals surface area contributed by atoms with Crippen LogP contribution in [-0.2, 0) is 16.6 Å². The first-order valence-electron chi connectivity index (χ1n) is 11.9. The highest BCUT2D eigenvalue weighted by atomic mass is 32.2. The van der Waals surface area contributed by atoms with E-state index in [0.29, 0.717) is 11.9 Å². The molecule has 5 heteroatoms. The summed E-state index contributed by atoms with van der Waals surface area (Å²) in [6.07, 6.45) is 7.30. The molecular weight excluding hydrogens is 404 g/mol. The van der Waals surface area contributed by atoms with E-state index in [4.69, 9.17) is 9.72 Å². The van der Waals surface area contributed by atoms with E-state index < -0.39 is 0 Å². The van der Waals surface area contributed by atoms with Crippen molar-refractivity contribution in [3.05, 3.63) is 45.7 Å². The Balaban J connectivity index is 1.76. The molecule has 1 saturated carbocycles. The third-order valence-electron chi connectivity index (χ3n) is 7.35. The molecule has 1 saturated heterocycles. The Morgan fingerprint density at radius 2 is 1.94 bits per heavy atom. The monoisotopic (exact) mass is 438 g/mol. The molecule has 1 aliphatic heterocycles. The zero-order chi connectivity index (χ0) is 21.8. The lowest BCUT2D eigenvalue weighted by Crippen LogP contribution is -2.44. The second-order valence-corrected chi connectivity index (χ2v) is 12.1. The maximum Gasteiger partial charge on any atom is 0.258 e. The molecule has 1 atom stereocenters. The molecule has 2 fully saturated rings. The van der Waals surface area contributed by atoms with Crippen LogP contribution in [0.25, 0.3) is 11.3 Å². The number of aromatic nitrogens is 2. The fourth-order valence-electron chi connectivity index (χ4n) is 6.06. The van der Waals surface area contributed by atoms with Gasteiger partial charge < -0.3 is 4.74 Å². The fraction of sp³-hybridized carbons (Fsp3) is 0.615. The summed E-state index contributed by atoms with van der Waals surface area (Å²) in [6.45, 7) is 9.34. The van der Waals surface area contributed by atoms with Gasteiger partial charge in [0.15, 0.2) is 5.16 Å². The van der Waals surface area contributed by atoms with Crippen molar-refractivity contribution in [1.29, 1.82) is 0 Å². The van der Waals surface area contributed by atoms with E-state index in [1.165, 1.54) is 18.4 Å². The number of hydrogen-bond donors (Lipinski definition) is 0. The first-order valence-corrected chi connectivity index (χ1v) is 12.7. The first kappa shape index (κ1) is 21.3. The Hall–Kier alpha value is -1.59. The fourth-order valence-corrected chi connectivity index (χ4v) is 6.97. The van der Waals surface area contributed by atoms with Crippen LogP contribution in [0.4, 0.5) is 0 Å². The lowest BCUT2D eigenvalue weighted by molar-refractivity contribution is -0.0710. The van der Waals surface area contributed by atoms with Crippen LogP contribution in [-0.4, -0.2) is 27.0 Å². The molecule has 0 amide bonds. The van der Waals surface area contributed by atoms with Crippen molar-refractivity contribution in [2.45, 2.75) is 100 Å². The zero-order valence-electron chi connectivity index (χ0n) is 19.2. The molecule has 0 radical (unpaired) electrons. The van der Waals surface area contributed by atoms with Gasteiger partial charge in [0.2, 0.25) is 0 Å². The topological polar surface area (TPSA) is 44.1 Å². The van der Waals surface area contributed by atoms with E-state index in [-0.39, 0.29) is 22.6 Å². The van der Waals surface area contributed by atoms with Gasteiger partial charge in [-0.2, -0.15) is 0 Å². The van der Waals surface area contributed by atoms with Gasteiger partial charge in [0.05, 0.1) is 16.9 Å². The molecule has 31 heavy (non-hydrogen) atoms. The van der Waals surface area contributed by atoms with Gasteiger partial charge in [-0.05, 0) is 51.5 Å². The molecule has 1 aromatic carbocycles. The minimum atomic E-state index is -0.213. The molecule has 1 aromatic heterocycles. The Morgan fingerprint density at radius 3 is 2.65 bits per heavy atom. The molecule has 0 N–H and O–H groups in total. The molecule has 0 unspecified atom stereocenters. The number of hydrogen-bond acceptors (Lipinski definition) is 4. The highest BCUT2D eigenvalue weighted by molar-refractivity contribution is 7.99. The van der Waals surface area contributed by atoms with E-state index in [2.05, 4.69) is 56.5 Å². The van der Waals surface area contributed by atoms with E-state index >= 15 is 0 Å². The number of nitrogens with zero attached hydrogens (tertiary/aromatic N) is 2. The number of benzene rings is 1. The molecule has 2 aromatic rings. The predicted molar refractivity (Wildman–Crippen MR) is 127 cm³/mol.